The van der Waals surface area contributed by atoms with E-state index in [1.807, 2.05) is 25.1 Å². The average Bonchev–Trinajstić information content (AvgIpc) is 3.56. The van der Waals surface area contributed by atoms with Crippen molar-refractivity contribution in [1.82, 2.24) is 10.2 Å². The highest BCUT2D eigenvalue weighted by atomic mass is 35.5. The molecule has 1 heterocycles. The average molecular weight is 496 g/mol. The number of para-hydroxylation sites is 1. The topological polar surface area (TPSA) is 122 Å². The van der Waals surface area contributed by atoms with Crippen LogP contribution >= 0.6 is 23.2 Å². The molecular formula is C20H15Cl2N3O6S. The molecule has 9 nitrogen and oxygen atoms in total. The van der Waals surface area contributed by atoms with Crippen LogP contribution in [-0.4, -0.2) is 23.5 Å². The number of rotatable bonds is 7. The van der Waals surface area contributed by atoms with E-state index in [1.165, 1.54) is 0 Å². The third-order valence-corrected chi connectivity index (χ3v) is 6.49. The number of benzene rings is 2. The predicted molar refractivity (Wildman–Crippen MR) is 116 cm³/mol. The first-order valence-electron chi connectivity index (χ1n) is 9.35. The lowest BCUT2D eigenvalue weighted by Crippen LogP contribution is -2.12. The van der Waals surface area contributed by atoms with Gasteiger partial charge in [0.15, 0.2) is 5.15 Å². The van der Waals surface area contributed by atoms with Gasteiger partial charge in [0.2, 0.25) is 5.75 Å². The highest BCUT2D eigenvalue weighted by molar-refractivity contribution is 7.87. The van der Waals surface area contributed by atoms with Crippen molar-refractivity contribution in [3.8, 4) is 17.4 Å². The molecule has 12 heteroatoms. The van der Waals surface area contributed by atoms with Gasteiger partial charge in [-0.05, 0) is 48.9 Å². The number of ether oxygens (including phenoxy) is 1. The molecule has 2 aromatic carbocycles. The Bertz CT molecular complexity index is 1330. The summed E-state index contributed by atoms with van der Waals surface area (Å²) < 4.78 is 36.8. The van der Waals surface area contributed by atoms with Gasteiger partial charge in [0, 0.05) is 12.1 Å². The van der Waals surface area contributed by atoms with E-state index >= 15 is 0 Å². The summed E-state index contributed by atoms with van der Waals surface area (Å²) in [4.78, 5) is 9.85. The fraction of sp³-hybridized carbons (Fsp3) is 0.200. The lowest BCUT2D eigenvalue weighted by molar-refractivity contribution is -0.384. The van der Waals surface area contributed by atoms with Crippen molar-refractivity contribution in [2.75, 3.05) is 0 Å². The fourth-order valence-corrected chi connectivity index (χ4v) is 4.32. The first-order valence-corrected chi connectivity index (χ1v) is 11.5. The third-order valence-electron chi connectivity index (χ3n) is 4.76. The highest BCUT2D eigenvalue weighted by Gasteiger charge is 2.29. The van der Waals surface area contributed by atoms with Crippen LogP contribution in [0.15, 0.2) is 47.4 Å². The summed E-state index contributed by atoms with van der Waals surface area (Å²) in [7, 11) is -4.51. The quantitative estimate of drug-likeness (QED) is 0.241. The molecule has 1 aromatic heterocycles. The monoisotopic (exact) mass is 495 g/mol. The maximum Gasteiger partial charge on any atom is 0.339 e. The third kappa shape index (κ3) is 4.62. The molecule has 166 valence electrons. The first-order chi connectivity index (χ1) is 15.2. The molecule has 0 N–H and O–H groups in total. The summed E-state index contributed by atoms with van der Waals surface area (Å²) in [5.41, 5.74) is 1.23. The summed E-state index contributed by atoms with van der Waals surface area (Å²) in [6.45, 7) is 1.86. The Morgan fingerprint density at radius 1 is 1.12 bits per heavy atom. The van der Waals surface area contributed by atoms with E-state index in [-0.39, 0.29) is 21.8 Å². The molecule has 0 radical (unpaired) electrons. The number of nitro benzene ring substituents is 1. The van der Waals surface area contributed by atoms with Gasteiger partial charge >= 0.3 is 10.1 Å². The van der Waals surface area contributed by atoms with Crippen LogP contribution in [0.3, 0.4) is 0 Å². The van der Waals surface area contributed by atoms with E-state index in [4.69, 9.17) is 32.1 Å². The minimum absolute atomic E-state index is 0.128. The zero-order valence-electron chi connectivity index (χ0n) is 16.5. The van der Waals surface area contributed by atoms with Gasteiger partial charge in [0.05, 0.1) is 4.92 Å². The van der Waals surface area contributed by atoms with Crippen molar-refractivity contribution < 1.29 is 22.3 Å². The lowest BCUT2D eigenvalue weighted by Gasteiger charge is -2.15. The highest BCUT2D eigenvalue weighted by Crippen LogP contribution is 2.47. The molecule has 1 aliphatic rings. The molecule has 1 aliphatic carbocycles. The van der Waals surface area contributed by atoms with Crippen molar-refractivity contribution in [2.45, 2.75) is 30.6 Å². The van der Waals surface area contributed by atoms with E-state index < -0.39 is 25.6 Å². The summed E-state index contributed by atoms with van der Waals surface area (Å²) in [6, 6.07) is 9.84. The number of aryl methyl sites for hydroxylation is 1. The Kier molecular flexibility index (Phi) is 5.93. The Morgan fingerprint density at radius 2 is 1.88 bits per heavy atom. The molecule has 0 bridgehead atoms. The minimum atomic E-state index is -4.51. The zero-order valence-corrected chi connectivity index (χ0v) is 18.8. The van der Waals surface area contributed by atoms with Gasteiger partial charge in [-0.3, -0.25) is 10.1 Å². The molecule has 1 saturated carbocycles. The van der Waals surface area contributed by atoms with E-state index in [9.17, 15) is 18.5 Å². The van der Waals surface area contributed by atoms with E-state index in [1.54, 1.807) is 0 Å². The van der Waals surface area contributed by atoms with Crippen molar-refractivity contribution in [2.24, 2.45) is 0 Å². The SMILES string of the molecule is Cc1cccc(C2CC2)c1Oc1nnc(Cl)cc1OS(=O)(=O)c1ccc(Cl)c([N+](=O)[O-])c1. The predicted octanol–water partition coefficient (Wildman–Crippen LogP) is 5.44. The molecular weight excluding hydrogens is 481 g/mol. The van der Waals surface area contributed by atoms with Gasteiger partial charge in [0.25, 0.3) is 11.6 Å². The van der Waals surface area contributed by atoms with E-state index in [2.05, 4.69) is 10.2 Å². The number of nitro groups is 1. The van der Waals surface area contributed by atoms with Crippen LogP contribution in [-0.2, 0) is 10.1 Å². The second kappa shape index (κ2) is 8.53. The Balaban J connectivity index is 1.71. The Labute approximate surface area is 193 Å². The number of aromatic nitrogens is 2. The normalized spacial score (nSPS) is 13.6. The Hall–Kier alpha value is -2.95. The van der Waals surface area contributed by atoms with Crippen molar-refractivity contribution in [3.63, 3.8) is 0 Å². The summed E-state index contributed by atoms with van der Waals surface area (Å²) in [5.74, 6) is 0.370. The molecule has 32 heavy (non-hydrogen) atoms. The second-order valence-electron chi connectivity index (χ2n) is 7.11. The zero-order chi connectivity index (χ0) is 23.0. The summed E-state index contributed by atoms with van der Waals surface area (Å²) >= 11 is 11.7. The number of nitrogens with zero attached hydrogens (tertiary/aromatic N) is 3. The van der Waals surface area contributed by atoms with Crippen LogP contribution in [0.2, 0.25) is 10.2 Å². The van der Waals surface area contributed by atoms with Crippen molar-refractivity contribution >= 4 is 39.0 Å². The van der Waals surface area contributed by atoms with Gasteiger partial charge in [0.1, 0.15) is 15.7 Å². The minimum Gasteiger partial charge on any atom is -0.434 e. The second-order valence-corrected chi connectivity index (χ2v) is 9.45. The summed E-state index contributed by atoms with van der Waals surface area (Å²) in [6.07, 6.45) is 2.05. The van der Waals surface area contributed by atoms with Gasteiger partial charge in [-0.2, -0.15) is 8.42 Å². The van der Waals surface area contributed by atoms with Crippen LogP contribution in [0.4, 0.5) is 5.69 Å². The molecule has 0 aliphatic heterocycles. The van der Waals surface area contributed by atoms with Gasteiger partial charge < -0.3 is 8.92 Å². The number of halogens is 2. The maximum absolute atomic E-state index is 12.8. The number of hydrogen-bond donors (Lipinski definition) is 0. The van der Waals surface area contributed by atoms with Crippen LogP contribution in [0.1, 0.15) is 29.9 Å². The number of hydrogen-bond acceptors (Lipinski definition) is 8. The van der Waals surface area contributed by atoms with Crippen LogP contribution in [0, 0.1) is 17.0 Å². The van der Waals surface area contributed by atoms with E-state index in [0.717, 1.165) is 48.2 Å². The first kappa shape index (κ1) is 22.3. The molecule has 0 amide bonds. The maximum atomic E-state index is 12.8. The largest absolute Gasteiger partial charge is 0.434 e. The molecule has 1 fully saturated rings. The molecule has 4 rings (SSSR count). The van der Waals surface area contributed by atoms with Crippen LogP contribution in [0.5, 0.6) is 17.4 Å². The lowest BCUT2D eigenvalue weighted by atomic mass is 10.1. The van der Waals surface area contributed by atoms with E-state index in [0.29, 0.717) is 11.7 Å². The molecule has 0 spiro atoms. The summed E-state index contributed by atoms with van der Waals surface area (Å²) in [5, 5.41) is 18.3. The Morgan fingerprint density at radius 3 is 2.56 bits per heavy atom. The van der Waals surface area contributed by atoms with Gasteiger partial charge in [-0.15, -0.1) is 10.2 Å². The van der Waals surface area contributed by atoms with Crippen LogP contribution in [0.25, 0.3) is 0 Å². The standard InChI is InChI=1S/C20H15Cl2N3O6S/c1-11-3-2-4-14(12-5-6-12)19(11)30-20-17(10-18(22)23-24-20)31-32(28,29)13-7-8-15(21)16(9-13)25(26)27/h2-4,7-10,12H,5-6H2,1H3. The van der Waals surface area contributed by atoms with Crippen molar-refractivity contribution in [1.29, 1.82) is 0 Å². The smallest absolute Gasteiger partial charge is 0.339 e. The molecule has 0 unspecified atom stereocenters. The fourth-order valence-electron chi connectivity index (χ4n) is 3.05. The van der Waals surface area contributed by atoms with Crippen LogP contribution < -0.4 is 8.92 Å². The van der Waals surface area contributed by atoms with Gasteiger partial charge in [-0.25, -0.2) is 0 Å². The molecule has 0 atom stereocenters. The molecule has 0 saturated heterocycles. The molecule has 3 aromatic rings. The van der Waals surface area contributed by atoms with Gasteiger partial charge in [-0.1, -0.05) is 41.4 Å². The van der Waals surface area contributed by atoms with Crippen molar-refractivity contribution in [3.05, 3.63) is 73.9 Å².